The molecule has 142 valence electrons. The minimum atomic E-state index is -2.68. The first-order chi connectivity index (χ1) is 13.4. The molecule has 2 unspecified atom stereocenters. The number of rotatable bonds is 2. The number of fused-ring (bicyclic) bond motifs is 2. The summed E-state index contributed by atoms with van der Waals surface area (Å²) in [5.41, 5.74) is 1.70. The smallest absolute Gasteiger partial charge is 0.259 e. The van der Waals surface area contributed by atoms with Crippen molar-refractivity contribution in [1.82, 2.24) is 14.9 Å². The zero-order valence-corrected chi connectivity index (χ0v) is 15.4. The molecule has 0 radical (unpaired) electrons. The number of piperidine rings is 1. The van der Waals surface area contributed by atoms with Gasteiger partial charge in [0.2, 0.25) is 0 Å². The van der Waals surface area contributed by atoms with Crippen molar-refractivity contribution in [2.45, 2.75) is 19.3 Å². The summed E-state index contributed by atoms with van der Waals surface area (Å²) in [5.74, 6) is -3.64. The van der Waals surface area contributed by atoms with Gasteiger partial charge < -0.3 is 4.90 Å². The molecule has 3 aromatic rings. The van der Waals surface area contributed by atoms with Crippen molar-refractivity contribution in [1.29, 1.82) is 0 Å². The molecule has 0 N–H and O–H groups in total. The van der Waals surface area contributed by atoms with E-state index in [1.165, 1.54) is 0 Å². The van der Waals surface area contributed by atoms with E-state index in [9.17, 15) is 13.6 Å². The summed E-state index contributed by atoms with van der Waals surface area (Å²) in [4.78, 5) is 23.7. The third kappa shape index (κ3) is 2.37. The van der Waals surface area contributed by atoms with Crippen LogP contribution in [0.1, 0.15) is 23.7 Å². The molecular weight excluding hydrogens is 360 g/mol. The molecule has 2 aromatic heterocycles. The number of nitrogens with zero attached hydrogens (tertiary/aromatic N) is 3. The lowest BCUT2D eigenvalue weighted by molar-refractivity contribution is 0.0635. The Morgan fingerprint density at radius 2 is 2.04 bits per heavy atom. The summed E-state index contributed by atoms with van der Waals surface area (Å²) in [6, 6.07) is 12.9. The van der Waals surface area contributed by atoms with Crippen molar-refractivity contribution < 1.29 is 13.6 Å². The van der Waals surface area contributed by atoms with Crippen molar-refractivity contribution in [3.05, 3.63) is 60.4 Å². The number of hydrogen-bond donors (Lipinski definition) is 0. The second kappa shape index (κ2) is 5.80. The number of aromatic nitrogens is 2. The molecule has 1 saturated carbocycles. The minimum Gasteiger partial charge on any atom is -0.338 e. The second-order valence-electron chi connectivity index (χ2n) is 7.91. The minimum absolute atomic E-state index is 0.0984. The first-order valence-electron chi connectivity index (χ1n) is 9.39. The molecule has 2 atom stereocenters. The van der Waals surface area contributed by atoms with E-state index >= 15 is 0 Å². The van der Waals surface area contributed by atoms with Crippen molar-refractivity contribution >= 4 is 16.8 Å². The number of para-hydroxylation sites is 1. The fourth-order valence-corrected chi connectivity index (χ4v) is 4.38. The monoisotopic (exact) mass is 379 g/mol. The van der Waals surface area contributed by atoms with Gasteiger partial charge in [0.05, 0.1) is 22.7 Å². The average Bonchev–Trinajstić information content (AvgIpc) is 3.18. The van der Waals surface area contributed by atoms with Gasteiger partial charge in [-0.15, -0.1) is 0 Å². The van der Waals surface area contributed by atoms with Crippen LogP contribution in [0.5, 0.6) is 0 Å². The Hall–Kier alpha value is -2.89. The third-order valence-corrected chi connectivity index (χ3v) is 6.38. The highest BCUT2D eigenvalue weighted by atomic mass is 19.3. The predicted molar refractivity (Wildman–Crippen MR) is 102 cm³/mol. The Bertz CT molecular complexity index is 1090. The summed E-state index contributed by atoms with van der Waals surface area (Å²) in [6.07, 6.45) is 3.70. The number of hydrogen-bond acceptors (Lipinski definition) is 3. The SMILES string of the molecule is CC12CCN(C(=O)c3cc(-c4cccnc4)nc4ccccc34)CC1C2(F)F. The lowest BCUT2D eigenvalue weighted by Gasteiger charge is -2.29. The zero-order valence-electron chi connectivity index (χ0n) is 15.4. The first-order valence-corrected chi connectivity index (χ1v) is 9.39. The molecule has 0 bridgehead atoms. The molecule has 2 fully saturated rings. The number of alkyl halides is 2. The normalized spacial score (nSPS) is 25.4. The summed E-state index contributed by atoms with van der Waals surface area (Å²) in [5, 5.41) is 0.732. The lowest BCUT2D eigenvalue weighted by atomic mass is 9.96. The molecule has 3 heterocycles. The standard InChI is InChI=1S/C22H19F2N3O/c1-21-8-10-27(13-19(21)22(21,23)24)20(28)16-11-18(14-5-4-9-25-12-14)26-17-7-3-2-6-15(16)17/h2-7,9,11-12,19H,8,10,13H2,1H3. The number of benzene rings is 1. The van der Waals surface area contributed by atoms with Crippen molar-refractivity contribution in [3.63, 3.8) is 0 Å². The highest BCUT2D eigenvalue weighted by Gasteiger charge is 2.78. The van der Waals surface area contributed by atoms with Crippen molar-refractivity contribution in [2.75, 3.05) is 13.1 Å². The van der Waals surface area contributed by atoms with E-state index in [1.54, 1.807) is 30.3 Å². The van der Waals surface area contributed by atoms with Gasteiger partial charge in [-0.1, -0.05) is 25.1 Å². The molecule has 5 rings (SSSR count). The van der Waals surface area contributed by atoms with Gasteiger partial charge in [-0.25, -0.2) is 13.8 Å². The van der Waals surface area contributed by atoms with E-state index in [-0.39, 0.29) is 12.5 Å². The molecule has 4 nitrogen and oxygen atoms in total. The average molecular weight is 379 g/mol. The summed E-state index contributed by atoms with van der Waals surface area (Å²) in [6.45, 7) is 2.07. The molecule has 0 spiro atoms. The van der Waals surface area contributed by atoms with Gasteiger partial charge in [-0.3, -0.25) is 9.78 Å². The van der Waals surface area contributed by atoms with E-state index in [4.69, 9.17) is 0 Å². The molecule has 6 heteroatoms. The fraction of sp³-hybridized carbons (Fsp3) is 0.318. The molecule has 1 saturated heterocycles. The molecular formula is C22H19F2N3O. The van der Waals surface area contributed by atoms with Crippen LogP contribution >= 0.6 is 0 Å². The van der Waals surface area contributed by atoms with Gasteiger partial charge in [0.1, 0.15) is 0 Å². The molecule has 1 amide bonds. The zero-order chi connectivity index (χ0) is 19.5. The van der Waals surface area contributed by atoms with Crippen molar-refractivity contribution in [3.8, 4) is 11.3 Å². The quantitative estimate of drug-likeness (QED) is 0.662. The van der Waals surface area contributed by atoms with E-state index in [1.807, 2.05) is 36.4 Å². The van der Waals surface area contributed by atoms with Crippen LogP contribution in [0.2, 0.25) is 0 Å². The largest absolute Gasteiger partial charge is 0.338 e. The number of carbonyl (C=O) groups is 1. The van der Waals surface area contributed by atoms with Gasteiger partial charge >= 0.3 is 0 Å². The highest BCUT2D eigenvalue weighted by Crippen LogP contribution is 2.69. The van der Waals surface area contributed by atoms with Crippen LogP contribution in [0.4, 0.5) is 8.78 Å². The summed E-state index contributed by atoms with van der Waals surface area (Å²) < 4.78 is 28.2. The Kier molecular flexibility index (Phi) is 3.57. The van der Waals surface area contributed by atoms with E-state index in [0.717, 1.165) is 10.9 Å². The number of halogens is 2. The molecule has 1 aliphatic carbocycles. The Morgan fingerprint density at radius 1 is 1.21 bits per heavy atom. The Balaban J connectivity index is 1.56. The summed E-state index contributed by atoms with van der Waals surface area (Å²) >= 11 is 0. The van der Waals surface area contributed by atoms with Gasteiger partial charge in [0.25, 0.3) is 11.8 Å². The van der Waals surface area contributed by atoms with Crippen LogP contribution in [0.25, 0.3) is 22.2 Å². The maximum atomic E-state index is 14.1. The number of amides is 1. The highest BCUT2D eigenvalue weighted by molar-refractivity contribution is 6.07. The van der Waals surface area contributed by atoms with Crippen LogP contribution in [0.15, 0.2) is 54.9 Å². The lowest BCUT2D eigenvalue weighted by Crippen LogP contribution is -2.38. The number of carbonyl (C=O) groups excluding carboxylic acids is 1. The van der Waals surface area contributed by atoms with E-state index < -0.39 is 17.3 Å². The van der Waals surface area contributed by atoms with Crippen LogP contribution in [-0.2, 0) is 0 Å². The van der Waals surface area contributed by atoms with Gasteiger partial charge in [0, 0.05) is 41.8 Å². The van der Waals surface area contributed by atoms with E-state index in [2.05, 4.69) is 9.97 Å². The summed E-state index contributed by atoms with van der Waals surface area (Å²) in [7, 11) is 0. The molecule has 1 aliphatic heterocycles. The Morgan fingerprint density at radius 3 is 2.79 bits per heavy atom. The number of likely N-dealkylation sites (tertiary alicyclic amines) is 1. The maximum absolute atomic E-state index is 14.1. The van der Waals surface area contributed by atoms with Crippen molar-refractivity contribution in [2.24, 2.45) is 11.3 Å². The molecule has 1 aromatic carbocycles. The first kappa shape index (κ1) is 17.2. The number of pyridine rings is 2. The van der Waals surface area contributed by atoms with Crippen LogP contribution in [-0.4, -0.2) is 39.8 Å². The van der Waals surface area contributed by atoms with Crippen LogP contribution in [0, 0.1) is 11.3 Å². The molecule has 28 heavy (non-hydrogen) atoms. The topological polar surface area (TPSA) is 46.1 Å². The van der Waals surface area contributed by atoms with Crippen LogP contribution in [0.3, 0.4) is 0 Å². The fourth-order valence-electron chi connectivity index (χ4n) is 4.38. The third-order valence-electron chi connectivity index (χ3n) is 6.38. The second-order valence-corrected chi connectivity index (χ2v) is 7.91. The predicted octanol–water partition coefficient (Wildman–Crippen LogP) is 4.41. The Labute approximate surface area is 161 Å². The molecule has 2 aliphatic rings. The van der Waals surface area contributed by atoms with Gasteiger partial charge in [-0.05, 0) is 30.7 Å². The maximum Gasteiger partial charge on any atom is 0.259 e. The van der Waals surface area contributed by atoms with Gasteiger partial charge in [-0.2, -0.15) is 0 Å². The van der Waals surface area contributed by atoms with Gasteiger partial charge in [0.15, 0.2) is 0 Å². The van der Waals surface area contributed by atoms with E-state index in [0.29, 0.717) is 29.7 Å². The van der Waals surface area contributed by atoms with Crippen LogP contribution < -0.4 is 0 Å².